The Hall–Kier alpha value is -2.46. The minimum Gasteiger partial charge on any atom is -0.315 e. The van der Waals surface area contributed by atoms with Gasteiger partial charge in [0, 0.05) is 11.9 Å². The van der Waals surface area contributed by atoms with Crippen LogP contribution in [0.3, 0.4) is 0 Å². The first kappa shape index (κ1) is 14.5. The van der Waals surface area contributed by atoms with Crippen LogP contribution in [0.2, 0.25) is 0 Å². The Labute approximate surface area is 133 Å². The van der Waals surface area contributed by atoms with Gasteiger partial charge in [0.2, 0.25) is 4.80 Å². The molecule has 2 aromatic carbocycles. The summed E-state index contributed by atoms with van der Waals surface area (Å²) >= 11 is 1.61. The number of rotatable bonds is 4. The Morgan fingerprint density at radius 1 is 1.00 bits per heavy atom. The SMILES string of the molecule is CCn1c(-c2ccccc2)cs/c1=N\N=C/c1ccccc1. The number of benzene rings is 2. The van der Waals surface area contributed by atoms with Crippen molar-refractivity contribution in [3.63, 3.8) is 0 Å². The van der Waals surface area contributed by atoms with Gasteiger partial charge in [-0.05, 0) is 18.1 Å². The molecule has 0 N–H and O–H groups in total. The van der Waals surface area contributed by atoms with Gasteiger partial charge in [-0.25, -0.2) is 0 Å². The van der Waals surface area contributed by atoms with E-state index in [-0.39, 0.29) is 0 Å². The van der Waals surface area contributed by atoms with Crippen LogP contribution < -0.4 is 4.80 Å². The van der Waals surface area contributed by atoms with Crippen molar-refractivity contribution in [2.75, 3.05) is 0 Å². The van der Waals surface area contributed by atoms with Crippen LogP contribution in [-0.4, -0.2) is 10.8 Å². The molecule has 3 aromatic rings. The van der Waals surface area contributed by atoms with Crippen LogP contribution in [0.15, 0.2) is 76.2 Å². The lowest BCUT2D eigenvalue weighted by Crippen LogP contribution is -2.14. The largest absolute Gasteiger partial charge is 0.315 e. The van der Waals surface area contributed by atoms with E-state index in [1.165, 1.54) is 11.3 Å². The van der Waals surface area contributed by atoms with Crippen molar-refractivity contribution >= 4 is 17.6 Å². The van der Waals surface area contributed by atoms with Gasteiger partial charge in [0.25, 0.3) is 0 Å². The molecule has 3 rings (SSSR count). The molecule has 3 nitrogen and oxygen atoms in total. The van der Waals surface area contributed by atoms with Gasteiger partial charge in [0.1, 0.15) is 0 Å². The molecule has 1 aromatic heterocycles. The zero-order valence-corrected chi connectivity index (χ0v) is 13.2. The highest BCUT2D eigenvalue weighted by Crippen LogP contribution is 2.19. The summed E-state index contributed by atoms with van der Waals surface area (Å²) in [6.45, 7) is 2.99. The van der Waals surface area contributed by atoms with E-state index in [1.807, 2.05) is 36.4 Å². The number of hydrogen-bond donors (Lipinski definition) is 0. The van der Waals surface area contributed by atoms with Crippen molar-refractivity contribution in [3.8, 4) is 11.3 Å². The van der Waals surface area contributed by atoms with Gasteiger partial charge < -0.3 is 4.57 Å². The van der Waals surface area contributed by atoms with Gasteiger partial charge in [-0.2, -0.15) is 5.10 Å². The lowest BCUT2D eigenvalue weighted by molar-refractivity contribution is 0.737. The molecular formula is C18H17N3S. The lowest BCUT2D eigenvalue weighted by Gasteiger charge is -2.05. The van der Waals surface area contributed by atoms with E-state index in [1.54, 1.807) is 17.6 Å². The molecule has 0 saturated heterocycles. The van der Waals surface area contributed by atoms with Crippen LogP contribution >= 0.6 is 11.3 Å². The fourth-order valence-corrected chi connectivity index (χ4v) is 3.17. The molecule has 0 aliphatic heterocycles. The first-order valence-electron chi connectivity index (χ1n) is 7.24. The Kier molecular flexibility index (Phi) is 4.61. The molecule has 0 aliphatic carbocycles. The third-order valence-electron chi connectivity index (χ3n) is 3.33. The van der Waals surface area contributed by atoms with Gasteiger partial charge in [-0.15, -0.1) is 16.4 Å². The fourth-order valence-electron chi connectivity index (χ4n) is 2.24. The third-order valence-corrected chi connectivity index (χ3v) is 4.19. The molecular weight excluding hydrogens is 290 g/mol. The van der Waals surface area contributed by atoms with E-state index in [2.05, 4.69) is 51.3 Å². The molecule has 0 unspecified atom stereocenters. The average molecular weight is 307 g/mol. The monoisotopic (exact) mass is 307 g/mol. The predicted octanol–water partition coefficient (Wildman–Crippen LogP) is 4.17. The summed E-state index contributed by atoms with van der Waals surface area (Å²) in [7, 11) is 0. The highest BCUT2D eigenvalue weighted by atomic mass is 32.1. The summed E-state index contributed by atoms with van der Waals surface area (Å²) in [5.41, 5.74) is 3.44. The Balaban J connectivity index is 1.93. The summed E-state index contributed by atoms with van der Waals surface area (Å²) < 4.78 is 2.18. The molecule has 4 heteroatoms. The standard InChI is InChI=1S/C18H17N3S/c1-2-21-17(16-11-7-4-8-12-16)14-22-18(21)20-19-13-15-9-5-3-6-10-15/h3-14H,2H2,1H3/b19-13-,20-18-. The molecule has 0 aliphatic rings. The molecule has 22 heavy (non-hydrogen) atoms. The van der Waals surface area contributed by atoms with E-state index >= 15 is 0 Å². The van der Waals surface area contributed by atoms with Crippen molar-refractivity contribution in [2.45, 2.75) is 13.5 Å². The zero-order chi connectivity index (χ0) is 15.2. The first-order valence-corrected chi connectivity index (χ1v) is 8.12. The second-order valence-electron chi connectivity index (χ2n) is 4.77. The van der Waals surface area contributed by atoms with Crippen LogP contribution in [-0.2, 0) is 6.54 Å². The normalized spacial score (nSPS) is 12.1. The van der Waals surface area contributed by atoms with Crippen molar-refractivity contribution < 1.29 is 0 Å². The van der Waals surface area contributed by atoms with E-state index in [0.29, 0.717) is 0 Å². The molecule has 0 saturated carbocycles. The third kappa shape index (κ3) is 3.23. The van der Waals surface area contributed by atoms with E-state index < -0.39 is 0 Å². The molecule has 0 spiro atoms. The van der Waals surface area contributed by atoms with E-state index in [0.717, 1.165) is 16.9 Å². The van der Waals surface area contributed by atoms with Crippen LogP contribution in [0.4, 0.5) is 0 Å². The van der Waals surface area contributed by atoms with Crippen molar-refractivity contribution in [2.24, 2.45) is 10.2 Å². The van der Waals surface area contributed by atoms with Crippen molar-refractivity contribution in [1.29, 1.82) is 0 Å². The minimum absolute atomic E-state index is 0.868. The Morgan fingerprint density at radius 3 is 2.36 bits per heavy atom. The molecule has 1 heterocycles. The summed E-state index contributed by atoms with van der Waals surface area (Å²) in [6, 6.07) is 20.4. The minimum atomic E-state index is 0.868. The number of thiazole rings is 1. The van der Waals surface area contributed by atoms with Crippen molar-refractivity contribution in [3.05, 3.63) is 76.4 Å². The van der Waals surface area contributed by atoms with Gasteiger partial charge in [0.15, 0.2) is 0 Å². The molecule has 0 atom stereocenters. The maximum Gasteiger partial charge on any atom is 0.211 e. The number of hydrogen-bond acceptors (Lipinski definition) is 3. The van der Waals surface area contributed by atoms with Gasteiger partial charge >= 0.3 is 0 Å². The topological polar surface area (TPSA) is 29.6 Å². The predicted molar refractivity (Wildman–Crippen MR) is 93.0 cm³/mol. The molecule has 110 valence electrons. The summed E-state index contributed by atoms with van der Waals surface area (Å²) in [6.07, 6.45) is 1.78. The Morgan fingerprint density at radius 2 is 1.68 bits per heavy atom. The number of nitrogens with zero attached hydrogens (tertiary/aromatic N) is 3. The van der Waals surface area contributed by atoms with Crippen molar-refractivity contribution in [1.82, 2.24) is 4.57 Å². The smallest absolute Gasteiger partial charge is 0.211 e. The highest BCUT2D eigenvalue weighted by molar-refractivity contribution is 7.07. The lowest BCUT2D eigenvalue weighted by atomic mass is 10.2. The summed E-state index contributed by atoms with van der Waals surface area (Å²) in [5.74, 6) is 0. The average Bonchev–Trinajstić information content (AvgIpc) is 2.99. The van der Waals surface area contributed by atoms with Gasteiger partial charge in [-0.1, -0.05) is 60.7 Å². The summed E-state index contributed by atoms with van der Waals surface area (Å²) in [4.78, 5) is 0.911. The van der Waals surface area contributed by atoms with Crippen LogP contribution in [0, 0.1) is 0 Å². The summed E-state index contributed by atoms with van der Waals surface area (Å²) in [5, 5.41) is 10.7. The second kappa shape index (κ2) is 7.00. The van der Waals surface area contributed by atoms with Crippen LogP contribution in [0.25, 0.3) is 11.3 Å². The van der Waals surface area contributed by atoms with Gasteiger partial charge in [0.05, 0.1) is 11.9 Å². The fraction of sp³-hybridized carbons (Fsp3) is 0.111. The molecule has 0 bridgehead atoms. The van der Waals surface area contributed by atoms with E-state index in [9.17, 15) is 0 Å². The first-order chi connectivity index (χ1) is 10.9. The molecule has 0 radical (unpaired) electrons. The highest BCUT2D eigenvalue weighted by Gasteiger charge is 2.05. The maximum absolute atomic E-state index is 4.37. The van der Waals surface area contributed by atoms with Crippen LogP contribution in [0.5, 0.6) is 0 Å². The van der Waals surface area contributed by atoms with Gasteiger partial charge in [-0.3, -0.25) is 0 Å². The van der Waals surface area contributed by atoms with Crippen LogP contribution in [0.1, 0.15) is 12.5 Å². The number of aromatic nitrogens is 1. The molecule has 0 fully saturated rings. The maximum atomic E-state index is 4.37. The zero-order valence-electron chi connectivity index (χ0n) is 12.4. The Bertz CT molecular complexity index is 814. The molecule has 0 amide bonds. The quantitative estimate of drug-likeness (QED) is 0.511. The van der Waals surface area contributed by atoms with E-state index in [4.69, 9.17) is 0 Å². The second-order valence-corrected chi connectivity index (χ2v) is 5.61.